The highest BCUT2D eigenvalue weighted by atomic mass is 16.5. The lowest BCUT2D eigenvalue weighted by Gasteiger charge is -2.18. The quantitative estimate of drug-likeness (QED) is 0.750. The predicted octanol–water partition coefficient (Wildman–Crippen LogP) is 4.09. The average Bonchev–Trinajstić information content (AvgIpc) is 2.70. The highest BCUT2D eigenvalue weighted by Crippen LogP contribution is 2.20. The Kier molecular flexibility index (Phi) is 6.92. The van der Waals surface area contributed by atoms with Crippen molar-refractivity contribution in [1.29, 1.82) is 0 Å². The van der Waals surface area contributed by atoms with Crippen LogP contribution in [0.3, 0.4) is 0 Å². The summed E-state index contributed by atoms with van der Waals surface area (Å²) in [5.41, 5.74) is 1.42. The maximum atomic E-state index is 13.0. The number of para-hydroxylation sites is 1. The number of hydrogen-bond acceptors (Lipinski definition) is 4. The van der Waals surface area contributed by atoms with E-state index in [1.807, 2.05) is 83.3 Å². The van der Waals surface area contributed by atoms with E-state index in [4.69, 9.17) is 9.72 Å². The van der Waals surface area contributed by atoms with Gasteiger partial charge in [-0.2, -0.15) is 0 Å². The lowest BCUT2D eigenvalue weighted by molar-refractivity contribution is 0.340. The first-order chi connectivity index (χ1) is 12.7. The molecule has 138 valence electrons. The Morgan fingerprint density at radius 1 is 1.12 bits per heavy atom. The molecule has 0 saturated carbocycles. The largest absolute Gasteiger partial charge is 0.494 e. The molecule has 3 aromatic rings. The summed E-state index contributed by atoms with van der Waals surface area (Å²) in [5.74, 6) is 1.47. The van der Waals surface area contributed by atoms with Gasteiger partial charge in [-0.1, -0.05) is 26.0 Å². The maximum absolute atomic E-state index is 13.0. The Morgan fingerprint density at radius 2 is 1.77 bits per heavy atom. The first-order valence-corrected chi connectivity index (χ1v) is 9.08. The van der Waals surface area contributed by atoms with Gasteiger partial charge in [-0.05, 0) is 57.3 Å². The molecule has 0 bridgehead atoms. The fourth-order valence-corrected chi connectivity index (χ4v) is 2.68. The Morgan fingerprint density at radius 3 is 2.38 bits per heavy atom. The number of ether oxygens (including phenoxy) is 1. The molecule has 5 heteroatoms. The third-order valence-corrected chi connectivity index (χ3v) is 4.03. The minimum absolute atomic E-state index is 0.0612. The summed E-state index contributed by atoms with van der Waals surface area (Å²) in [6.45, 7) is 8.54. The first-order valence-electron chi connectivity index (χ1n) is 9.08. The smallest absolute Gasteiger partial charge is 0.266 e. The number of fused-ring (bicyclic) bond motifs is 1. The van der Waals surface area contributed by atoms with Crippen LogP contribution in [0.1, 0.15) is 39.6 Å². The van der Waals surface area contributed by atoms with Crippen LogP contribution in [0.4, 0.5) is 0 Å². The molecule has 0 spiro atoms. The zero-order valence-electron chi connectivity index (χ0n) is 16.1. The van der Waals surface area contributed by atoms with Gasteiger partial charge in [-0.15, -0.1) is 0 Å². The van der Waals surface area contributed by atoms with Crippen molar-refractivity contribution in [3.05, 3.63) is 64.7 Å². The second-order valence-corrected chi connectivity index (χ2v) is 5.56. The summed E-state index contributed by atoms with van der Waals surface area (Å²) in [5, 5.41) is 3.78. The van der Waals surface area contributed by atoms with Gasteiger partial charge in [0.1, 0.15) is 11.6 Å². The molecule has 1 unspecified atom stereocenters. The minimum atomic E-state index is -0.0677. The molecule has 1 N–H and O–H groups in total. The Bertz CT molecular complexity index is 901. The van der Waals surface area contributed by atoms with E-state index in [0.717, 1.165) is 11.4 Å². The van der Waals surface area contributed by atoms with Crippen molar-refractivity contribution in [2.45, 2.75) is 33.7 Å². The second kappa shape index (κ2) is 9.15. The molecule has 0 aliphatic carbocycles. The van der Waals surface area contributed by atoms with Gasteiger partial charge >= 0.3 is 0 Å². The van der Waals surface area contributed by atoms with E-state index in [2.05, 4.69) is 5.32 Å². The van der Waals surface area contributed by atoms with Crippen molar-refractivity contribution >= 4 is 10.9 Å². The van der Waals surface area contributed by atoms with Gasteiger partial charge in [0.05, 0.1) is 29.2 Å². The molecule has 0 radical (unpaired) electrons. The number of aromatic nitrogens is 2. The third-order valence-electron chi connectivity index (χ3n) is 4.03. The van der Waals surface area contributed by atoms with E-state index in [-0.39, 0.29) is 11.6 Å². The Hall–Kier alpha value is -2.66. The molecule has 0 fully saturated rings. The van der Waals surface area contributed by atoms with Gasteiger partial charge in [0, 0.05) is 0 Å². The standard InChI is InChI=1S/C19H21N3O2.C2H6/c1-4-24-15-11-9-14(10-12-15)22-18(13(2)20-3)21-17-8-6-5-7-16(17)19(22)23;1-2/h5-13,20H,4H2,1-3H3;1-2H3. The van der Waals surface area contributed by atoms with E-state index in [1.165, 1.54) is 0 Å². The van der Waals surface area contributed by atoms with E-state index < -0.39 is 0 Å². The van der Waals surface area contributed by atoms with Crippen LogP contribution in [0.2, 0.25) is 0 Å². The van der Waals surface area contributed by atoms with Gasteiger partial charge in [-0.3, -0.25) is 9.36 Å². The summed E-state index contributed by atoms with van der Waals surface area (Å²) in [4.78, 5) is 17.8. The molecule has 3 rings (SSSR count). The monoisotopic (exact) mass is 353 g/mol. The van der Waals surface area contributed by atoms with Crippen molar-refractivity contribution in [3.63, 3.8) is 0 Å². The molecule has 5 nitrogen and oxygen atoms in total. The van der Waals surface area contributed by atoms with Crippen molar-refractivity contribution in [1.82, 2.24) is 14.9 Å². The zero-order chi connectivity index (χ0) is 19.1. The summed E-state index contributed by atoms with van der Waals surface area (Å²) in [6.07, 6.45) is 0. The van der Waals surface area contributed by atoms with Crippen molar-refractivity contribution in [3.8, 4) is 11.4 Å². The molecule has 2 aromatic carbocycles. The molecule has 0 aliphatic heterocycles. The van der Waals surface area contributed by atoms with Crippen LogP contribution in [-0.2, 0) is 0 Å². The molecule has 1 heterocycles. The van der Waals surface area contributed by atoms with Crippen LogP contribution < -0.4 is 15.6 Å². The molecule has 26 heavy (non-hydrogen) atoms. The van der Waals surface area contributed by atoms with Gasteiger partial charge in [0.25, 0.3) is 5.56 Å². The van der Waals surface area contributed by atoms with Crippen LogP contribution in [0.15, 0.2) is 53.3 Å². The van der Waals surface area contributed by atoms with E-state index in [1.54, 1.807) is 4.57 Å². The predicted molar refractivity (Wildman–Crippen MR) is 107 cm³/mol. The summed E-state index contributed by atoms with van der Waals surface area (Å²) in [7, 11) is 1.86. The molecule has 1 atom stereocenters. The SMILES string of the molecule is CC.CCOc1ccc(-n2c(C(C)NC)nc3ccccc3c2=O)cc1. The van der Waals surface area contributed by atoms with Crippen LogP contribution in [0, 0.1) is 0 Å². The number of nitrogens with zero attached hydrogens (tertiary/aromatic N) is 2. The molecule has 1 aromatic heterocycles. The molecular weight excluding hydrogens is 326 g/mol. The van der Waals surface area contributed by atoms with E-state index in [9.17, 15) is 4.79 Å². The van der Waals surface area contributed by atoms with Gasteiger partial charge < -0.3 is 10.1 Å². The lowest BCUT2D eigenvalue weighted by atomic mass is 10.2. The zero-order valence-corrected chi connectivity index (χ0v) is 16.1. The van der Waals surface area contributed by atoms with Gasteiger partial charge in [0.2, 0.25) is 0 Å². The molecule has 0 amide bonds. The topological polar surface area (TPSA) is 56.1 Å². The van der Waals surface area contributed by atoms with Crippen LogP contribution >= 0.6 is 0 Å². The minimum Gasteiger partial charge on any atom is -0.494 e. The Labute approximate surface area is 154 Å². The third kappa shape index (κ3) is 3.94. The maximum Gasteiger partial charge on any atom is 0.266 e. The number of benzene rings is 2. The fourth-order valence-electron chi connectivity index (χ4n) is 2.68. The van der Waals surface area contributed by atoms with Gasteiger partial charge in [-0.25, -0.2) is 4.98 Å². The van der Waals surface area contributed by atoms with E-state index in [0.29, 0.717) is 23.3 Å². The highest BCUT2D eigenvalue weighted by molar-refractivity contribution is 5.77. The fraction of sp³-hybridized carbons (Fsp3) is 0.333. The highest BCUT2D eigenvalue weighted by Gasteiger charge is 2.16. The molecule has 0 saturated heterocycles. The van der Waals surface area contributed by atoms with Crippen LogP contribution in [-0.4, -0.2) is 23.2 Å². The molecular formula is C21H27N3O2. The normalized spacial score (nSPS) is 11.6. The second-order valence-electron chi connectivity index (χ2n) is 5.56. The first kappa shape index (κ1) is 19.7. The van der Waals surface area contributed by atoms with Gasteiger partial charge in [0.15, 0.2) is 0 Å². The van der Waals surface area contributed by atoms with Crippen LogP contribution in [0.5, 0.6) is 5.75 Å². The van der Waals surface area contributed by atoms with Crippen molar-refractivity contribution < 1.29 is 4.74 Å². The molecule has 0 aliphatic rings. The van der Waals surface area contributed by atoms with Crippen LogP contribution in [0.25, 0.3) is 16.6 Å². The lowest BCUT2D eigenvalue weighted by Crippen LogP contribution is -2.28. The van der Waals surface area contributed by atoms with E-state index >= 15 is 0 Å². The summed E-state index contributed by atoms with van der Waals surface area (Å²) in [6, 6.07) is 14.9. The summed E-state index contributed by atoms with van der Waals surface area (Å²) >= 11 is 0. The Balaban J connectivity index is 0.00000117. The van der Waals surface area contributed by atoms with Crippen molar-refractivity contribution in [2.24, 2.45) is 0 Å². The number of nitrogens with one attached hydrogen (secondary N) is 1. The van der Waals surface area contributed by atoms with Crippen molar-refractivity contribution in [2.75, 3.05) is 13.7 Å². The summed E-state index contributed by atoms with van der Waals surface area (Å²) < 4.78 is 7.15. The number of hydrogen-bond donors (Lipinski definition) is 1. The number of rotatable bonds is 5. The average molecular weight is 353 g/mol.